The Bertz CT molecular complexity index is 910. The van der Waals surface area contributed by atoms with Crippen molar-refractivity contribution in [1.29, 1.82) is 0 Å². The Balaban J connectivity index is 1.62. The van der Waals surface area contributed by atoms with E-state index in [0.717, 1.165) is 17.7 Å². The molecule has 29 heavy (non-hydrogen) atoms. The molecule has 7 heteroatoms. The lowest BCUT2D eigenvalue weighted by atomic mass is 10.1. The van der Waals surface area contributed by atoms with E-state index in [2.05, 4.69) is 34.6 Å². The van der Waals surface area contributed by atoms with Gasteiger partial charge in [0.2, 0.25) is 11.1 Å². The van der Waals surface area contributed by atoms with E-state index >= 15 is 0 Å². The number of benzene rings is 2. The van der Waals surface area contributed by atoms with Crippen molar-refractivity contribution in [3.05, 3.63) is 65.7 Å². The first-order valence-corrected chi connectivity index (χ1v) is 10.9. The van der Waals surface area contributed by atoms with Crippen LogP contribution in [0.15, 0.2) is 59.8 Å². The maximum Gasteiger partial charge on any atom is 0.233 e. The van der Waals surface area contributed by atoms with Gasteiger partial charge in [0.05, 0.1) is 17.5 Å². The minimum atomic E-state index is 0.0101. The van der Waals surface area contributed by atoms with Crippen molar-refractivity contribution in [3.8, 4) is 5.69 Å². The van der Waals surface area contributed by atoms with E-state index in [0.29, 0.717) is 5.16 Å². The van der Waals surface area contributed by atoms with Gasteiger partial charge in [-0.05, 0) is 53.5 Å². The average Bonchev–Trinajstić information content (AvgIpc) is 3.24. The molecular formula is C22H27N5OS. The minimum absolute atomic E-state index is 0.0101. The molecule has 0 saturated carbocycles. The maximum absolute atomic E-state index is 12.7. The number of unbranched alkanes of at least 4 members (excludes halogenated alkanes) is 1. The van der Waals surface area contributed by atoms with Crippen LogP contribution in [0.2, 0.25) is 0 Å². The first kappa shape index (κ1) is 21.0. The second-order valence-electron chi connectivity index (χ2n) is 7.02. The molecular weight excluding hydrogens is 382 g/mol. The van der Waals surface area contributed by atoms with Crippen molar-refractivity contribution in [2.75, 3.05) is 12.8 Å². The number of amides is 1. The molecule has 1 amide bonds. The summed E-state index contributed by atoms with van der Waals surface area (Å²) in [6.07, 6.45) is 3.44. The third-order valence-corrected chi connectivity index (χ3v) is 5.93. The number of thioether (sulfide) groups is 1. The summed E-state index contributed by atoms with van der Waals surface area (Å²) >= 11 is 1.35. The van der Waals surface area contributed by atoms with Gasteiger partial charge in [-0.15, -0.1) is 5.10 Å². The van der Waals surface area contributed by atoms with Crippen molar-refractivity contribution in [2.45, 2.75) is 44.3 Å². The molecule has 2 aromatic carbocycles. The van der Waals surface area contributed by atoms with Gasteiger partial charge in [0.25, 0.3) is 0 Å². The second-order valence-corrected chi connectivity index (χ2v) is 7.97. The molecule has 0 spiro atoms. The largest absolute Gasteiger partial charge is 0.338 e. The lowest BCUT2D eigenvalue weighted by molar-refractivity contribution is -0.128. The molecule has 3 aromatic rings. The third-order valence-electron chi connectivity index (χ3n) is 5.02. The topological polar surface area (TPSA) is 63.9 Å². The van der Waals surface area contributed by atoms with Crippen LogP contribution in [0.4, 0.5) is 0 Å². The van der Waals surface area contributed by atoms with E-state index in [1.54, 1.807) is 9.58 Å². The predicted molar refractivity (Wildman–Crippen MR) is 116 cm³/mol. The number of tetrazole rings is 1. The highest BCUT2D eigenvalue weighted by molar-refractivity contribution is 7.99. The van der Waals surface area contributed by atoms with Crippen LogP contribution in [0.5, 0.6) is 0 Å². The summed E-state index contributed by atoms with van der Waals surface area (Å²) in [7, 11) is 1.83. The van der Waals surface area contributed by atoms with E-state index in [1.807, 2.05) is 56.4 Å². The number of carbonyl (C=O) groups excluding carboxylic acids is 1. The molecule has 0 fully saturated rings. The minimum Gasteiger partial charge on any atom is -0.338 e. The Kier molecular flexibility index (Phi) is 7.41. The van der Waals surface area contributed by atoms with Gasteiger partial charge in [-0.25, -0.2) is 0 Å². The molecule has 0 radical (unpaired) electrons. The molecule has 1 aromatic heterocycles. The van der Waals surface area contributed by atoms with Gasteiger partial charge in [-0.1, -0.05) is 67.6 Å². The number of nitrogens with zero attached hydrogens (tertiary/aromatic N) is 5. The smallest absolute Gasteiger partial charge is 0.233 e. The number of hydrogen-bond donors (Lipinski definition) is 0. The van der Waals surface area contributed by atoms with Gasteiger partial charge < -0.3 is 4.90 Å². The van der Waals surface area contributed by atoms with Gasteiger partial charge in [0, 0.05) is 7.05 Å². The Morgan fingerprint density at radius 2 is 1.86 bits per heavy atom. The number of hydrogen-bond acceptors (Lipinski definition) is 5. The summed E-state index contributed by atoms with van der Waals surface area (Å²) in [5, 5.41) is 12.6. The fraction of sp³-hybridized carbons (Fsp3) is 0.364. The summed E-state index contributed by atoms with van der Waals surface area (Å²) in [6.45, 7) is 4.22. The molecule has 0 N–H and O–H groups in total. The highest BCUT2D eigenvalue weighted by atomic mass is 32.2. The lowest BCUT2D eigenvalue weighted by Crippen LogP contribution is -2.31. The third kappa shape index (κ3) is 5.44. The quantitative estimate of drug-likeness (QED) is 0.493. The zero-order chi connectivity index (χ0) is 20.6. The number of carbonyl (C=O) groups is 1. The number of aryl methyl sites for hydroxylation is 1. The van der Waals surface area contributed by atoms with E-state index in [9.17, 15) is 4.79 Å². The van der Waals surface area contributed by atoms with E-state index in [4.69, 9.17) is 0 Å². The first-order chi connectivity index (χ1) is 14.1. The molecule has 0 bridgehead atoms. The maximum atomic E-state index is 12.7. The zero-order valence-corrected chi connectivity index (χ0v) is 18.0. The SMILES string of the molecule is CCCCc1ccc(-n2nnnc2SCC(=O)N(C)C(C)c2ccccc2)cc1. The van der Waals surface area contributed by atoms with Crippen LogP contribution in [0.1, 0.15) is 43.9 Å². The van der Waals surface area contributed by atoms with Crippen LogP contribution in [0.25, 0.3) is 5.69 Å². The highest BCUT2D eigenvalue weighted by Gasteiger charge is 2.19. The van der Waals surface area contributed by atoms with Crippen LogP contribution in [0.3, 0.4) is 0 Å². The van der Waals surface area contributed by atoms with Crippen molar-refractivity contribution in [2.24, 2.45) is 0 Å². The van der Waals surface area contributed by atoms with Crippen LogP contribution >= 0.6 is 11.8 Å². The Morgan fingerprint density at radius 3 is 2.55 bits per heavy atom. The van der Waals surface area contributed by atoms with E-state index < -0.39 is 0 Å². The molecule has 3 rings (SSSR count). The standard InChI is InChI=1S/C22H27N5OS/c1-4-5-9-18-12-14-20(15-13-18)27-22(23-24-25-27)29-16-21(28)26(3)17(2)19-10-7-6-8-11-19/h6-8,10-15,17H,4-5,9,16H2,1-3H3. The summed E-state index contributed by atoms with van der Waals surface area (Å²) in [6, 6.07) is 18.3. The monoisotopic (exact) mass is 409 g/mol. The van der Waals surface area contributed by atoms with Crippen LogP contribution in [-0.2, 0) is 11.2 Å². The molecule has 6 nitrogen and oxygen atoms in total. The molecule has 0 aliphatic heterocycles. The summed E-state index contributed by atoms with van der Waals surface area (Å²) in [5.74, 6) is 0.318. The summed E-state index contributed by atoms with van der Waals surface area (Å²) in [4.78, 5) is 14.4. The van der Waals surface area contributed by atoms with Crippen molar-refractivity contribution in [1.82, 2.24) is 25.1 Å². The Morgan fingerprint density at radius 1 is 1.14 bits per heavy atom. The van der Waals surface area contributed by atoms with Gasteiger partial charge in [0.1, 0.15) is 0 Å². The summed E-state index contributed by atoms with van der Waals surface area (Å²) in [5.41, 5.74) is 3.32. The van der Waals surface area contributed by atoms with Crippen LogP contribution in [-0.4, -0.2) is 43.8 Å². The molecule has 1 atom stereocenters. The average molecular weight is 410 g/mol. The van der Waals surface area contributed by atoms with Crippen molar-refractivity contribution >= 4 is 17.7 Å². The number of rotatable bonds is 9. The van der Waals surface area contributed by atoms with E-state index in [-0.39, 0.29) is 17.7 Å². The molecule has 0 aliphatic rings. The van der Waals surface area contributed by atoms with Gasteiger partial charge in [0.15, 0.2) is 0 Å². The number of aromatic nitrogens is 4. The fourth-order valence-corrected chi connectivity index (χ4v) is 3.83. The lowest BCUT2D eigenvalue weighted by Gasteiger charge is -2.25. The van der Waals surface area contributed by atoms with Gasteiger partial charge >= 0.3 is 0 Å². The van der Waals surface area contributed by atoms with Gasteiger partial charge in [-0.3, -0.25) is 4.79 Å². The van der Waals surface area contributed by atoms with Crippen LogP contribution in [0, 0.1) is 0 Å². The molecule has 1 heterocycles. The molecule has 0 saturated heterocycles. The van der Waals surface area contributed by atoms with Gasteiger partial charge in [-0.2, -0.15) is 4.68 Å². The Hall–Kier alpha value is -2.67. The predicted octanol–water partition coefficient (Wildman–Crippen LogP) is 4.32. The molecule has 152 valence electrons. The van der Waals surface area contributed by atoms with E-state index in [1.165, 1.54) is 30.2 Å². The fourth-order valence-electron chi connectivity index (χ4n) is 3.01. The van der Waals surface area contributed by atoms with Crippen LogP contribution < -0.4 is 0 Å². The second kappa shape index (κ2) is 10.2. The Labute approximate surface area is 176 Å². The van der Waals surface area contributed by atoms with Crippen molar-refractivity contribution in [3.63, 3.8) is 0 Å². The summed E-state index contributed by atoms with van der Waals surface area (Å²) < 4.78 is 1.68. The molecule has 1 unspecified atom stereocenters. The zero-order valence-electron chi connectivity index (χ0n) is 17.2. The first-order valence-electron chi connectivity index (χ1n) is 9.91. The van der Waals surface area contributed by atoms with Crippen molar-refractivity contribution < 1.29 is 4.79 Å². The molecule has 0 aliphatic carbocycles. The normalized spacial score (nSPS) is 12.0. The highest BCUT2D eigenvalue weighted by Crippen LogP contribution is 2.22.